The Labute approximate surface area is 398 Å². The smallest absolute Gasteiger partial charge is 0.349 e. The number of methoxy groups -OCH3 is 1. The molecule has 0 spiro atoms. The van der Waals surface area contributed by atoms with E-state index >= 15 is 0 Å². The molecule has 0 fully saturated rings. The molecule has 69 heavy (non-hydrogen) atoms. The third-order valence-electron chi connectivity index (χ3n) is 9.37. The van der Waals surface area contributed by atoms with Crippen LogP contribution in [0, 0.1) is 11.6 Å². The number of carbonyl (C=O) groups is 2. The molecule has 0 saturated carbocycles. The Hall–Kier alpha value is -4.57. The summed E-state index contributed by atoms with van der Waals surface area (Å²) in [6.07, 6.45) is 1.05. The summed E-state index contributed by atoms with van der Waals surface area (Å²) in [5.41, 5.74) is -2.39. The van der Waals surface area contributed by atoms with Gasteiger partial charge >= 0.3 is 11.6 Å². The number of hydrogen-bond donors (Lipinski definition) is 3. The highest BCUT2D eigenvalue weighted by Crippen LogP contribution is 2.28. The number of amides is 1. The number of rotatable bonds is 44. The Morgan fingerprint density at radius 2 is 0.971 bits per heavy atom. The molecule has 2 heterocycles. The van der Waals surface area contributed by atoms with Gasteiger partial charge < -0.3 is 86.3 Å². The van der Waals surface area contributed by atoms with E-state index in [1.807, 2.05) is 0 Å². The van der Waals surface area contributed by atoms with E-state index in [2.05, 4.69) is 0 Å². The number of unbranched alkanes of at least 4 members (excludes halogenated alkanes) is 2. The van der Waals surface area contributed by atoms with Gasteiger partial charge in [-0.3, -0.25) is 4.79 Å². The number of benzene rings is 1. The molecular formula is C45H68F2N2O20. The van der Waals surface area contributed by atoms with E-state index in [-0.39, 0.29) is 44.7 Å². The normalized spacial score (nSPS) is 11.5. The summed E-state index contributed by atoms with van der Waals surface area (Å²) >= 11 is 0. The summed E-state index contributed by atoms with van der Waals surface area (Å²) in [4.78, 5) is 44.7. The third kappa shape index (κ3) is 25.2. The van der Waals surface area contributed by atoms with Gasteiger partial charge in [-0.05, 0) is 25.0 Å². The Balaban J connectivity index is 1.15. The van der Waals surface area contributed by atoms with E-state index in [9.17, 15) is 38.5 Å². The van der Waals surface area contributed by atoms with Crippen molar-refractivity contribution in [2.75, 3.05) is 172 Å². The molecule has 1 aromatic carbocycles. The van der Waals surface area contributed by atoms with Gasteiger partial charge in [0, 0.05) is 44.1 Å². The standard InChI is InChI=1S/C45H68F2N2O20/c1-56-11-12-58-15-16-60-19-20-62-23-24-64-27-28-66-31-32-67-30-29-65-26-25-63-22-21-61-18-17-59-14-13-57-10-9-48(8-4-2-3-5-40(52)69-49-38(50)6-7-39(49)51)44(54)36-33-35-34-37(46)42(53)41(47)43(35)68-45(36)55/h6-7,33-34,50-51,53H,2-5,8-32H2,1H3. The summed E-state index contributed by atoms with van der Waals surface area (Å²) in [5.74, 6) is -6.52. The number of carbonyl (C=O) groups excluding carboxylic acids is 2. The number of halogens is 2. The number of fused-ring (bicyclic) bond motifs is 1. The van der Waals surface area contributed by atoms with Gasteiger partial charge in [-0.1, -0.05) is 6.42 Å². The van der Waals surface area contributed by atoms with Gasteiger partial charge in [-0.25, -0.2) is 14.0 Å². The Morgan fingerprint density at radius 3 is 1.39 bits per heavy atom. The van der Waals surface area contributed by atoms with Crippen molar-refractivity contribution >= 4 is 22.8 Å². The summed E-state index contributed by atoms with van der Waals surface area (Å²) in [6, 6.07) is 4.03. The van der Waals surface area contributed by atoms with Gasteiger partial charge in [-0.2, -0.15) is 4.39 Å². The van der Waals surface area contributed by atoms with Crippen molar-refractivity contribution < 1.29 is 99.8 Å². The van der Waals surface area contributed by atoms with Crippen molar-refractivity contribution in [2.24, 2.45) is 0 Å². The van der Waals surface area contributed by atoms with Gasteiger partial charge in [0.2, 0.25) is 17.6 Å². The van der Waals surface area contributed by atoms with Crippen molar-refractivity contribution in [3.8, 4) is 17.5 Å². The maximum atomic E-state index is 14.4. The number of phenols is 1. The van der Waals surface area contributed by atoms with Gasteiger partial charge in [0.05, 0.1) is 152 Å². The predicted molar refractivity (Wildman–Crippen MR) is 239 cm³/mol. The van der Waals surface area contributed by atoms with Crippen molar-refractivity contribution in [2.45, 2.75) is 25.7 Å². The van der Waals surface area contributed by atoms with E-state index in [4.69, 9.17) is 66.1 Å². The molecule has 1 amide bonds. The van der Waals surface area contributed by atoms with Crippen LogP contribution in [0.1, 0.15) is 36.0 Å². The van der Waals surface area contributed by atoms with Crippen LogP contribution in [0.25, 0.3) is 11.0 Å². The van der Waals surface area contributed by atoms with Crippen LogP contribution in [0.3, 0.4) is 0 Å². The van der Waals surface area contributed by atoms with Gasteiger partial charge in [-0.15, -0.1) is 4.73 Å². The number of hydrogen-bond acceptors (Lipinski definition) is 20. The topological polar surface area (TPSA) is 253 Å². The van der Waals surface area contributed by atoms with Crippen molar-refractivity contribution in [1.82, 2.24) is 9.63 Å². The van der Waals surface area contributed by atoms with Crippen LogP contribution in [0.2, 0.25) is 0 Å². The van der Waals surface area contributed by atoms with Crippen LogP contribution in [-0.4, -0.2) is 209 Å². The monoisotopic (exact) mass is 994 g/mol. The number of nitrogens with zero attached hydrogens (tertiary/aromatic N) is 2. The predicted octanol–water partition coefficient (Wildman–Crippen LogP) is 2.48. The maximum absolute atomic E-state index is 14.4. The van der Waals surface area contributed by atoms with E-state index in [0.29, 0.717) is 156 Å². The Kier molecular flexibility index (Phi) is 31.7. The number of aromatic hydroxyl groups is 3. The van der Waals surface area contributed by atoms with E-state index < -0.39 is 57.8 Å². The van der Waals surface area contributed by atoms with Crippen molar-refractivity contribution in [3.05, 3.63) is 51.9 Å². The number of phenolic OH excluding ortho intramolecular Hbond substituents is 1. The minimum absolute atomic E-state index is 0.0158. The zero-order valence-corrected chi connectivity index (χ0v) is 39.2. The molecule has 0 radical (unpaired) electrons. The first-order chi connectivity index (χ1) is 33.6. The highest BCUT2D eigenvalue weighted by molar-refractivity contribution is 5.97. The maximum Gasteiger partial charge on any atom is 0.349 e. The second kappa shape index (κ2) is 37.3. The molecule has 3 rings (SSSR count). The van der Waals surface area contributed by atoms with Crippen LogP contribution in [0.4, 0.5) is 8.78 Å². The summed E-state index contributed by atoms with van der Waals surface area (Å²) in [5, 5.41) is 28.6. The average molecular weight is 995 g/mol. The van der Waals surface area contributed by atoms with Crippen LogP contribution < -0.4 is 10.5 Å². The first-order valence-electron chi connectivity index (χ1n) is 22.7. The van der Waals surface area contributed by atoms with Gasteiger partial charge in [0.15, 0.2) is 17.1 Å². The Morgan fingerprint density at radius 1 is 0.565 bits per heavy atom. The molecule has 0 bridgehead atoms. The first-order valence-corrected chi connectivity index (χ1v) is 22.7. The summed E-state index contributed by atoms with van der Waals surface area (Å²) in [6.45, 7) is 9.56. The SMILES string of the molecule is COCCOCCOCCOCCOCCOCCOCCOCCOCCOCCOCCOCCN(CCCCCC(=O)On1c(O)ccc1O)C(=O)c1cc2cc(F)c(O)c(F)c2oc1=O. The molecule has 0 aliphatic carbocycles. The fourth-order valence-corrected chi connectivity index (χ4v) is 5.83. The fraction of sp³-hybridized carbons (Fsp3) is 0.667. The molecule has 0 aliphatic rings. The molecule has 0 saturated heterocycles. The highest BCUT2D eigenvalue weighted by Gasteiger charge is 2.24. The molecule has 2 aromatic heterocycles. The minimum atomic E-state index is -1.47. The average Bonchev–Trinajstić information content (AvgIpc) is 3.65. The van der Waals surface area contributed by atoms with E-state index in [1.165, 1.54) is 4.90 Å². The largest absolute Gasteiger partial charge is 0.503 e. The summed E-state index contributed by atoms with van der Waals surface area (Å²) in [7, 11) is 1.63. The molecule has 392 valence electrons. The minimum Gasteiger partial charge on any atom is -0.503 e. The van der Waals surface area contributed by atoms with Crippen LogP contribution >= 0.6 is 0 Å². The van der Waals surface area contributed by atoms with Crippen LogP contribution in [0.5, 0.6) is 17.5 Å². The van der Waals surface area contributed by atoms with Crippen molar-refractivity contribution in [3.63, 3.8) is 0 Å². The second-order valence-corrected chi connectivity index (χ2v) is 14.5. The molecular weight excluding hydrogens is 926 g/mol. The number of ether oxygens (including phenoxy) is 12. The first kappa shape index (κ1) is 58.7. The quantitative estimate of drug-likeness (QED) is 0.0543. The fourth-order valence-electron chi connectivity index (χ4n) is 5.83. The zero-order valence-electron chi connectivity index (χ0n) is 39.2. The molecule has 0 atom stereocenters. The van der Waals surface area contributed by atoms with Gasteiger partial charge in [0.25, 0.3) is 5.91 Å². The zero-order chi connectivity index (χ0) is 49.7. The van der Waals surface area contributed by atoms with Crippen molar-refractivity contribution in [1.29, 1.82) is 0 Å². The molecule has 3 N–H and O–H groups in total. The van der Waals surface area contributed by atoms with Crippen LogP contribution in [0.15, 0.2) is 33.5 Å². The highest BCUT2D eigenvalue weighted by atomic mass is 19.1. The molecule has 0 aliphatic heterocycles. The van der Waals surface area contributed by atoms with E-state index in [0.717, 1.165) is 24.3 Å². The van der Waals surface area contributed by atoms with Crippen LogP contribution in [-0.2, 0) is 61.6 Å². The molecule has 3 aromatic rings. The Bertz CT molecular complexity index is 1880. The molecule has 24 heteroatoms. The number of aromatic nitrogens is 1. The lowest BCUT2D eigenvalue weighted by Crippen LogP contribution is -2.37. The third-order valence-corrected chi connectivity index (χ3v) is 9.37. The molecule has 0 unspecified atom stereocenters. The lowest BCUT2D eigenvalue weighted by atomic mass is 10.1. The van der Waals surface area contributed by atoms with E-state index in [1.54, 1.807) is 7.11 Å². The summed E-state index contributed by atoms with van der Waals surface area (Å²) < 4.78 is 99.1. The lowest BCUT2D eigenvalue weighted by Gasteiger charge is -2.22. The molecule has 22 nitrogen and oxygen atoms in total. The second-order valence-electron chi connectivity index (χ2n) is 14.5. The van der Waals surface area contributed by atoms with Gasteiger partial charge in [0.1, 0.15) is 5.56 Å². The lowest BCUT2D eigenvalue weighted by molar-refractivity contribution is -0.145.